The minimum atomic E-state index is -1.10. The molecule has 0 aliphatic heterocycles. The third-order valence-electron chi connectivity index (χ3n) is 1.81. The van der Waals surface area contributed by atoms with Crippen molar-refractivity contribution in [3.05, 3.63) is 29.8 Å². The van der Waals surface area contributed by atoms with Gasteiger partial charge in [-0.3, -0.25) is 9.59 Å². The van der Waals surface area contributed by atoms with Crippen LogP contribution in [0.2, 0.25) is 0 Å². The first kappa shape index (κ1) is 11.7. The van der Waals surface area contributed by atoms with Crippen LogP contribution in [0.4, 0.5) is 0 Å². The highest BCUT2D eigenvalue weighted by Crippen LogP contribution is 2.11. The van der Waals surface area contributed by atoms with Crippen LogP contribution in [0.1, 0.15) is 12.5 Å². The van der Waals surface area contributed by atoms with Crippen LogP contribution < -0.4 is 11.2 Å². The number of hydrogen-bond donors (Lipinski definition) is 3. The number of nitrogens with zero attached hydrogens (tertiary/aromatic N) is 1. The lowest BCUT2D eigenvalue weighted by Gasteiger charge is -2.01. The SMILES string of the molecule is C/C(=N\NC(=O)C(N)=O)c1cccc(O)c1. The lowest BCUT2D eigenvalue weighted by Crippen LogP contribution is -2.33. The van der Waals surface area contributed by atoms with Gasteiger partial charge in [0.15, 0.2) is 0 Å². The summed E-state index contributed by atoms with van der Waals surface area (Å²) in [5.41, 5.74) is 7.80. The highest BCUT2D eigenvalue weighted by atomic mass is 16.3. The molecular weight excluding hydrogens is 210 g/mol. The Kier molecular flexibility index (Phi) is 3.60. The van der Waals surface area contributed by atoms with E-state index in [0.717, 1.165) is 0 Å². The average molecular weight is 221 g/mol. The van der Waals surface area contributed by atoms with E-state index in [1.165, 1.54) is 12.1 Å². The van der Waals surface area contributed by atoms with Crippen molar-refractivity contribution < 1.29 is 14.7 Å². The molecule has 0 aliphatic carbocycles. The maximum atomic E-state index is 10.8. The molecule has 0 aromatic heterocycles. The number of benzene rings is 1. The molecule has 0 saturated carbocycles. The number of primary amides is 1. The molecule has 0 fully saturated rings. The summed E-state index contributed by atoms with van der Waals surface area (Å²) in [5, 5.41) is 12.9. The molecule has 6 heteroatoms. The van der Waals surface area contributed by atoms with Crippen molar-refractivity contribution in [3.63, 3.8) is 0 Å². The molecule has 6 nitrogen and oxygen atoms in total. The smallest absolute Gasteiger partial charge is 0.329 e. The van der Waals surface area contributed by atoms with E-state index in [4.69, 9.17) is 5.73 Å². The molecule has 0 spiro atoms. The van der Waals surface area contributed by atoms with Crippen LogP contribution in [-0.4, -0.2) is 22.6 Å². The summed E-state index contributed by atoms with van der Waals surface area (Å²) in [6, 6.07) is 6.34. The van der Waals surface area contributed by atoms with Gasteiger partial charge in [-0.25, -0.2) is 5.43 Å². The Morgan fingerprint density at radius 1 is 1.44 bits per heavy atom. The number of nitrogens with one attached hydrogen (secondary N) is 1. The number of phenolic OH excluding ortho intramolecular Hbond substituents is 1. The van der Waals surface area contributed by atoms with Gasteiger partial charge < -0.3 is 10.8 Å². The molecule has 1 rings (SSSR count). The van der Waals surface area contributed by atoms with Crippen molar-refractivity contribution in [2.75, 3.05) is 0 Å². The van der Waals surface area contributed by atoms with Crippen LogP contribution in [0.3, 0.4) is 0 Å². The number of aromatic hydroxyl groups is 1. The fourth-order valence-electron chi connectivity index (χ4n) is 0.985. The summed E-state index contributed by atoms with van der Waals surface area (Å²) in [4.78, 5) is 21.2. The van der Waals surface area contributed by atoms with Crippen molar-refractivity contribution in [1.29, 1.82) is 0 Å². The number of carbonyl (C=O) groups is 2. The van der Waals surface area contributed by atoms with Gasteiger partial charge in [-0.2, -0.15) is 5.10 Å². The van der Waals surface area contributed by atoms with Gasteiger partial charge in [-0.1, -0.05) is 12.1 Å². The first-order valence-corrected chi connectivity index (χ1v) is 4.44. The lowest BCUT2D eigenvalue weighted by molar-refractivity contribution is -0.137. The number of carbonyl (C=O) groups excluding carboxylic acids is 2. The van der Waals surface area contributed by atoms with Crippen molar-refractivity contribution in [3.8, 4) is 5.75 Å². The zero-order valence-corrected chi connectivity index (χ0v) is 8.60. The van der Waals surface area contributed by atoms with E-state index in [-0.39, 0.29) is 5.75 Å². The zero-order valence-electron chi connectivity index (χ0n) is 8.60. The second kappa shape index (κ2) is 4.92. The Morgan fingerprint density at radius 3 is 2.69 bits per heavy atom. The van der Waals surface area contributed by atoms with Gasteiger partial charge in [-0.15, -0.1) is 0 Å². The van der Waals surface area contributed by atoms with Crippen LogP contribution in [-0.2, 0) is 9.59 Å². The van der Waals surface area contributed by atoms with Gasteiger partial charge in [0.05, 0.1) is 5.71 Å². The monoisotopic (exact) mass is 221 g/mol. The molecular formula is C10H11N3O3. The highest BCUT2D eigenvalue weighted by Gasteiger charge is 2.06. The molecule has 0 saturated heterocycles. The van der Waals surface area contributed by atoms with Gasteiger partial charge in [0.25, 0.3) is 0 Å². The second-order valence-electron chi connectivity index (χ2n) is 3.05. The quantitative estimate of drug-likeness (QED) is 0.363. The summed E-state index contributed by atoms with van der Waals surface area (Å²) in [7, 11) is 0. The van der Waals surface area contributed by atoms with E-state index >= 15 is 0 Å². The van der Waals surface area contributed by atoms with Gasteiger partial charge in [-0.05, 0) is 19.1 Å². The molecule has 0 aliphatic rings. The van der Waals surface area contributed by atoms with Crippen LogP contribution >= 0.6 is 0 Å². The molecule has 0 radical (unpaired) electrons. The summed E-state index contributed by atoms with van der Waals surface area (Å²) >= 11 is 0. The van der Waals surface area contributed by atoms with Crippen LogP contribution in [0.5, 0.6) is 5.75 Å². The molecule has 1 aromatic rings. The first-order valence-electron chi connectivity index (χ1n) is 4.44. The fraction of sp³-hybridized carbons (Fsp3) is 0.100. The van der Waals surface area contributed by atoms with E-state index in [1.807, 2.05) is 5.43 Å². The maximum absolute atomic E-state index is 10.8. The number of phenols is 1. The van der Waals surface area contributed by atoms with E-state index in [0.29, 0.717) is 11.3 Å². The molecule has 0 unspecified atom stereocenters. The van der Waals surface area contributed by atoms with Crippen molar-refractivity contribution >= 4 is 17.5 Å². The number of rotatable bonds is 2. The predicted octanol–water partition coefficient (Wildman–Crippen LogP) is -0.282. The van der Waals surface area contributed by atoms with E-state index in [9.17, 15) is 14.7 Å². The standard InChI is InChI=1S/C10H11N3O3/c1-6(12-13-10(16)9(11)15)7-3-2-4-8(14)5-7/h2-5,14H,1H3,(H2,11,15)(H,13,16)/b12-6+. The average Bonchev–Trinajstić information content (AvgIpc) is 2.25. The van der Waals surface area contributed by atoms with Gasteiger partial charge in [0, 0.05) is 5.56 Å². The van der Waals surface area contributed by atoms with E-state index in [2.05, 4.69) is 5.10 Å². The van der Waals surface area contributed by atoms with Crippen molar-refractivity contribution in [2.45, 2.75) is 6.92 Å². The first-order chi connectivity index (χ1) is 7.50. The summed E-state index contributed by atoms with van der Waals surface area (Å²) < 4.78 is 0. The number of hydrazone groups is 1. The summed E-state index contributed by atoms with van der Waals surface area (Å²) in [6.07, 6.45) is 0. The summed E-state index contributed by atoms with van der Waals surface area (Å²) in [5.74, 6) is -2.00. The van der Waals surface area contributed by atoms with Crippen molar-refractivity contribution in [2.24, 2.45) is 10.8 Å². The summed E-state index contributed by atoms with van der Waals surface area (Å²) in [6.45, 7) is 1.62. The number of nitrogens with two attached hydrogens (primary N) is 1. The van der Waals surface area contributed by atoms with Gasteiger partial charge >= 0.3 is 11.8 Å². The third-order valence-corrected chi connectivity index (χ3v) is 1.81. The van der Waals surface area contributed by atoms with E-state index in [1.54, 1.807) is 19.1 Å². The van der Waals surface area contributed by atoms with Gasteiger partial charge in [0.2, 0.25) is 0 Å². The molecule has 0 bridgehead atoms. The highest BCUT2D eigenvalue weighted by molar-refractivity contribution is 6.34. The Morgan fingerprint density at radius 2 is 2.12 bits per heavy atom. The largest absolute Gasteiger partial charge is 0.508 e. The van der Waals surface area contributed by atoms with E-state index < -0.39 is 11.8 Å². The molecule has 2 amide bonds. The van der Waals surface area contributed by atoms with Crippen molar-refractivity contribution in [1.82, 2.24) is 5.43 Å². The van der Waals surface area contributed by atoms with Crippen LogP contribution in [0.25, 0.3) is 0 Å². The second-order valence-corrected chi connectivity index (χ2v) is 3.05. The topological polar surface area (TPSA) is 105 Å². The van der Waals surface area contributed by atoms with Gasteiger partial charge in [0.1, 0.15) is 5.75 Å². The Hall–Kier alpha value is -2.37. The fourth-order valence-corrected chi connectivity index (χ4v) is 0.985. The molecule has 1 aromatic carbocycles. The molecule has 0 atom stereocenters. The van der Waals surface area contributed by atoms with Crippen LogP contribution in [0, 0.1) is 0 Å². The van der Waals surface area contributed by atoms with Crippen LogP contribution in [0.15, 0.2) is 29.4 Å². The molecule has 0 heterocycles. The molecule has 4 N–H and O–H groups in total. The predicted molar refractivity (Wildman–Crippen MR) is 57.7 cm³/mol. The molecule has 16 heavy (non-hydrogen) atoms. The normalized spacial score (nSPS) is 10.9. The minimum Gasteiger partial charge on any atom is -0.508 e. The Labute approximate surface area is 91.8 Å². The Balaban J connectivity index is 2.78. The lowest BCUT2D eigenvalue weighted by atomic mass is 10.1. The third kappa shape index (κ3) is 3.09. The maximum Gasteiger partial charge on any atom is 0.329 e. The number of hydrogen-bond acceptors (Lipinski definition) is 4. The molecule has 84 valence electrons. The number of amides is 2. The zero-order chi connectivity index (χ0) is 12.1. The Bertz CT molecular complexity index is 454. The minimum absolute atomic E-state index is 0.0910.